The standard InChI is InChI=1S/C19H28ClN5O.HI/c1-5-21-19(22-12-16-7-6-8-17(20)11-16)23-13-18-14(2)24-25(15(18)3)9-10-26-4;/h6-8,11H,5,9-10,12-13H2,1-4H3,(H2,21,22,23);1H. The van der Waals surface area contributed by atoms with E-state index in [2.05, 4.69) is 34.6 Å². The number of nitrogens with one attached hydrogen (secondary N) is 2. The van der Waals surface area contributed by atoms with Crippen LogP contribution in [-0.2, 0) is 24.4 Å². The van der Waals surface area contributed by atoms with Crippen LogP contribution in [0.4, 0.5) is 0 Å². The molecule has 2 rings (SSSR count). The monoisotopic (exact) mass is 505 g/mol. The third-order valence-corrected chi connectivity index (χ3v) is 4.36. The molecule has 150 valence electrons. The summed E-state index contributed by atoms with van der Waals surface area (Å²) in [6, 6.07) is 7.76. The quantitative estimate of drug-likeness (QED) is 0.326. The van der Waals surface area contributed by atoms with Crippen LogP contribution in [0.25, 0.3) is 0 Å². The van der Waals surface area contributed by atoms with Gasteiger partial charge in [0.1, 0.15) is 0 Å². The Balaban J connectivity index is 0.00000364. The zero-order chi connectivity index (χ0) is 18.9. The molecule has 0 amide bonds. The van der Waals surface area contributed by atoms with Crippen LogP contribution < -0.4 is 10.6 Å². The Morgan fingerprint density at radius 3 is 2.74 bits per heavy atom. The lowest BCUT2D eigenvalue weighted by molar-refractivity contribution is 0.182. The molecule has 0 bridgehead atoms. The van der Waals surface area contributed by atoms with Crippen LogP contribution >= 0.6 is 35.6 Å². The van der Waals surface area contributed by atoms with Gasteiger partial charge in [-0.3, -0.25) is 4.68 Å². The fourth-order valence-electron chi connectivity index (χ4n) is 2.70. The van der Waals surface area contributed by atoms with Crippen molar-refractivity contribution in [3.05, 3.63) is 51.8 Å². The summed E-state index contributed by atoms with van der Waals surface area (Å²) in [5.74, 6) is 0.774. The Labute approximate surface area is 183 Å². The Morgan fingerprint density at radius 1 is 1.30 bits per heavy atom. The van der Waals surface area contributed by atoms with Gasteiger partial charge in [-0.2, -0.15) is 5.10 Å². The van der Waals surface area contributed by atoms with Crippen molar-refractivity contribution < 1.29 is 4.74 Å². The lowest BCUT2D eigenvalue weighted by Gasteiger charge is -2.12. The minimum Gasteiger partial charge on any atom is -0.383 e. The fraction of sp³-hybridized carbons (Fsp3) is 0.474. The van der Waals surface area contributed by atoms with Gasteiger partial charge in [-0.25, -0.2) is 4.99 Å². The summed E-state index contributed by atoms with van der Waals surface area (Å²) in [5, 5.41) is 12.0. The SMILES string of the molecule is CCNC(=NCc1cccc(Cl)c1)NCc1c(C)nn(CCOC)c1C.I. The van der Waals surface area contributed by atoms with Gasteiger partial charge in [0, 0.05) is 36.5 Å². The highest BCUT2D eigenvalue weighted by molar-refractivity contribution is 14.0. The van der Waals surface area contributed by atoms with Gasteiger partial charge in [0.05, 0.1) is 25.4 Å². The number of aromatic nitrogens is 2. The molecule has 27 heavy (non-hydrogen) atoms. The number of aliphatic imine (C=N–C) groups is 1. The normalized spacial score (nSPS) is 11.2. The van der Waals surface area contributed by atoms with E-state index in [-0.39, 0.29) is 24.0 Å². The molecule has 0 saturated carbocycles. The van der Waals surface area contributed by atoms with Crippen LogP contribution in [0.3, 0.4) is 0 Å². The second kappa shape index (κ2) is 12.2. The fourth-order valence-corrected chi connectivity index (χ4v) is 2.92. The van der Waals surface area contributed by atoms with Gasteiger partial charge in [0.2, 0.25) is 0 Å². The van der Waals surface area contributed by atoms with Gasteiger partial charge in [-0.05, 0) is 38.5 Å². The molecule has 1 aromatic carbocycles. The van der Waals surface area contributed by atoms with Crippen LogP contribution in [0, 0.1) is 13.8 Å². The van der Waals surface area contributed by atoms with Crippen molar-refractivity contribution in [1.82, 2.24) is 20.4 Å². The number of methoxy groups -OCH3 is 1. The molecule has 0 saturated heterocycles. The molecule has 1 heterocycles. The Hall–Kier alpha value is -1.32. The van der Waals surface area contributed by atoms with E-state index in [9.17, 15) is 0 Å². The second-order valence-electron chi connectivity index (χ2n) is 6.04. The summed E-state index contributed by atoms with van der Waals surface area (Å²) in [5.41, 5.74) is 4.44. The lowest BCUT2D eigenvalue weighted by atomic mass is 10.2. The van der Waals surface area contributed by atoms with Gasteiger partial charge >= 0.3 is 0 Å². The number of hydrogen-bond acceptors (Lipinski definition) is 3. The number of ether oxygens (including phenoxy) is 1. The van der Waals surface area contributed by atoms with Crippen molar-refractivity contribution in [2.24, 2.45) is 4.99 Å². The van der Waals surface area contributed by atoms with Crippen LogP contribution in [-0.4, -0.2) is 36.0 Å². The molecule has 0 fully saturated rings. The molecular weight excluding hydrogens is 477 g/mol. The first-order valence-corrected chi connectivity index (χ1v) is 9.21. The molecule has 2 N–H and O–H groups in total. The van der Waals surface area contributed by atoms with E-state index in [1.165, 1.54) is 5.56 Å². The van der Waals surface area contributed by atoms with Crippen molar-refractivity contribution in [2.45, 2.75) is 40.4 Å². The highest BCUT2D eigenvalue weighted by Gasteiger charge is 2.11. The Kier molecular flexibility index (Phi) is 10.7. The second-order valence-corrected chi connectivity index (χ2v) is 6.48. The predicted octanol–water partition coefficient (Wildman–Crippen LogP) is 3.67. The van der Waals surface area contributed by atoms with Crippen LogP contribution in [0.5, 0.6) is 0 Å². The average molecular weight is 506 g/mol. The number of halogens is 2. The molecule has 8 heteroatoms. The number of guanidine groups is 1. The van der Waals surface area contributed by atoms with Crippen molar-refractivity contribution in [3.63, 3.8) is 0 Å². The predicted molar refractivity (Wildman–Crippen MR) is 122 cm³/mol. The third-order valence-electron chi connectivity index (χ3n) is 4.12. The smallest absolute Gasteiger partial charge is 0.191 e. The van der Waals surface area contributed by atoms with E-state index in [1.54, 1.807) is 7.11 Å². The largest absolute Gasteiger partial charge is 0.383 e. The molecule has 6 nitrogen and oxygen atoms in total. The summed E-state index contributed by atoms with van der Waals surface area (Å²) in [6.07, 6.45) is 0. The van der Waals surface area contributed by atoms with Crippen molar-refractivity contribution in [3.8, 4) is 0 Å². The first kappa shape index (κ1) is 23.7. The van der Waals surface area contributed by atoms with Gasteiger partial charge in [-0.15, -0.1) is 24.0 Å². The molecule has 0 aliphatic rings. The number of nitrogens with zero attached hydrogens (tertiary/aromatic N) is 3. The van der Waals surface area contributed by atoms with E-state index in [1.807, 2.05) is 35.9 Å². The van der Waals surface area contributed by atoms with Gasteiger partial charge in [-0.1, -0.05) is 23.7 Å². The summed E-state index contributed by atoms with van der Waals surface area (Å²) in [7, 11) is 1.70. The van der Waals surface area contributed by atoms with Gasteiger partial charge < -0.3 is 15.4 Å². The number of aryl methyl sites for hydroxylation is 1. The van der Waals surface area contributed by atoms with E-state index in [0.717, 1.165) is 41.0 Å². The summed E-state index contributed by atoms with van der Waals surface area (Å²) >= 11 is 6.04. The first-order valence-electron chi connectivity index (χ1n) is 8.83. The highest BCUT2D eigenvalue weighted by Crippen LogP contribution is 2.13. The van der Waals surface area contributed by atoms with E-state index < -0.39 is 0 Å². The average Bonchev–Trinajstić information content (AvgIpc) is 2.89. The summed E-state index contributed by atoms with van der Waals surface area (Å²) in [4.78, 5) is 4.64. The zero-order valence-corrected chi connectivity index (χ0v) is 19.5. The molecule has 0 aliphatic heterocycles. The Bertz CT molecular complexity index is 748. The van der Waals surface area contributed by atoms with Gasteiger partial charge in [0.15, 0.2) is 5.96 Å². The maximum absolute atomic E-state index is 6.04. The molecule has 0 radical (unpaired) electrons. The maximum Gasteiger partial charge on any atom is 0.191 e. The first-order chi connectivity index (χ1) is 12.5. The van der Waals surface area contributed by atoms with Crippen LogP contribution in [0.1, 0.15) is 29.4 Å². The molecule has 2 aromatic rings. The minimum absolute atomic E-state index is 0. The van der Waals surface area contributed by atoms with Crippen molar-refractivity contribution in [2.75, 3.05) is 20.3 Å². The molecule has 1 aromatic heterocycles. The van der Waals surface area contributed by atoms with E-state index in [4.69, 9.17) is 16.3 Å². The van der Waals surface area contributed by atoms with Crippen molar-refractivity contribution in [1.29, 1.82) is 0 Å². The molecule has 0 unspecified atom stereocenters. The number of benzene rings is 1. The molecule has 0 atom stereocenters. The zero-order valence-electron chi connectivity index (χ0n) is 16.4. The molecule has 0 aliphatic carbocycles. The van der Waals surface area contributed by atoms with Crippen molar-refractivity contribution >= 4 is 41.5 Å². The van der Waals surface area contributed by atoms with Gasteiger partial charge in [0.25, 0.3) is 0 Å². The third kappa shape index (κ3) is 7.31. The molecule has 0 spiro atoms. The van der Waals surface area contributed by atoms with Crippen LogP contribution in [0.2, 0.25) is 5.02 Å². The number of hydrogen-bond donors (Lipinski definition) is 2. The highest BCUT2D eigenvalue weighted by atomic mass is 127. The topological polar surface area (TPSA) is 63.5 Å². The number of rotatable bonds is 8. The minimum atomic E-state index is 0. The lowest BCUT2D eigenvalue weighted by Crippen LogP contribution is -2.37. The van der Waals surface area contributed by atoms with E-state index >= 15 is 0 Å². The Morgan fingerprint density at radius 2 is 2.07 bits per heavy atom. The maximum atomic E-state index is 6.04. The van der Waals surface area contributed by atoms with E-state index in [0.29, 0.717) is 19.7 Å². The summed E-state index contributed by atoms with van der Waals surface area (Å²) in [6.45, 7) is 9.62. The molecular formula is C19H29ClIN5O. The summed E-state index contributed by atoms with van der Waals surface area (Å²) < 4.78 is 7.14. The van der Waals surface area contributed by atoms with Crippen LogP contribution in [0.15, 0.2) is 29.3 Å².